The van der Waals surface area contributed by atoms with Crippen molar-refractivity contribution in [1.82, 2.24) is 9.55 Å². The van der Waals surface area contributed by atoms with E-state index in [1.807, 2.05) is 6.92 Å². The number of rotatable bonds is 3. The molecule has 1 aromatic heterocycles. The zero-order chi connectivity index (χ0) is 11.4. The number of halogens is 1. The van der Waals surface area contributed by atoms with Gasteiger partial charge in [-0.15, -0.1) is 0 Å². The van der Waals surface area contributed by atoms with Gasteiger partial charge in [0.15, 0.2) is 0 Å². The zero-order valence-electron chi connectivity index (χ0n) is 8.25. The molecule has 0 unspecified atom stereocenters. The first-order valence-corrected chi connectivity index (χ1v) is 4.61. The highest BCUT2D eigenvalue weighted by Gasteiger charge is 2.09. The van der Waals surface area contributed by atoms with E-state index in [1.54, 1.807) is 4.98 Å². The Kier molecular flexibility index (Phi) is 3.54. The van der Waals surface area contributed by atoms with E-state index in [-0.39, 0.29) is 6.42 Å². The minimum Gasteiger partial charge on any atom is -0.274 e. The highest BCUT2D eigenvalue weighted by molar-refractivity contribution is 5.78. The van der Waals surface area contributed by atoms with Gasteiger partial charge in [-0.2, -0.15) is 4.39 Å². The third kappa shape index (κ3) is 2.61. The van der Waals surface area contributed by atoms with Crippen LogP contribution >= 0.6 is 0 Å². The molecule has 0 saturated carbocycles. The number of aromatic nitrogens is 2. The number of carbonyl (C=O) groups excluding carboxylic acids is 1. The molecule has 6 heteroatoms. The summed E-state index contributed by atoms with van der Waals surface area (Å²) >= 11 is 0. The Morgan fingerprint density at radius 2 is 2.20 bits per heavy atom. The van der Waals surface area contributed by atoms with Gasteiger partial charge in [-0.1, -0.05) is 13.3 Å². The SMILES string of the molecule is CCCCC(=O)n1cc(F)c(=O)[nH]c1=O. The molecule has 0 amide bonds. The largest absolute Gasteiger partial charge is 0.335 e. The van der Waals surface area contributed by atoms with Crippen molar-refractivity contribution in [3.8, 4) is 0 Å². The molecule has 0 radical (unpaired) electrons. The second-order valence-corrected chi connectivity index (χ2v) is 3.10. The number of nitrogens with one attached hydrogen (secondary N) is 1. The predicted octanol–water partition coefficient (Wildman–Crippen LogP) is 0.506. The molecule has 82 valence electrons. The van der Waals surface area contributed by atoms with Gasteiger partial charge >= 0.3 is 5.69 Å². The summed E-state index contributed by atoms with van der Waals surface area (Å²) in [6.07, 6.45) is 2.19. The summed E-state index contributed by atoms with van der Waals surface area (Å²) < 4.78 is 13.4. The first kappa shape index (κ1) is 11.4. The van der Waals surface area contributed by atoms with Crippen LogP contribution in [0.4, 0.5) is 4.39 Å². The smallest absolute Gasteiger partial charge is 0.274 e. The van der Waals surface area contributed by atoms with Gasteiger partial charge in [0.25, 0.3) is 5.56 Å². The van der Waals surface area contributed by atoms with Crippen LogP contribution in [0.2, 0.25) is 0 Å². The molecule has 0 atom stereocenters. The van der Waals surface area contributed by atoms with Gasteiger partial charge in [0.1, 0.15) is 0 Å². The lowest BCUT2D eigenvalue weighted by Gasteiger charge is -2.02. The Hall–Kier alpha value is -1.72. The van der Waals surface area contributed by atoms with Gasteiger partial charge in [0.05, 0.1) is 6.20 Å². The highest BCUT2D eigenvalue weighted by Crippen LogP contribution is 1.96. The third-order valence-electron chi connectivity index (χ3n) is 1.91. The minimum absolute atomic E-state index is 0.155. The normalized spacial score (nSPS) is 10.3. The maximum Gasteiger partial charge on any atom is 0.335 e. The van der Waals surface area contributed by atoms with Crippen molar-refractivity contribution >= 4 is 5.91 Å². The van der Waals surface area contributed by atoms with Gasteiger partial charge in [-0.05, 0) is 6.42 Å². The first-order valence-electron chi connectivity index (χ1n) is 4.61. The van der Waals surface area contributed by atoms with E-state index >= 15 is 0 Å². The Morgan fingerprint density at radius 1 is 1.53 bits per heavy atom. The highest BCUT2D eigenvalue weighted by atomic mass is 19.1. The van der Waals surface area contributed by atoms with E-state index in [2.05, 4.69) is 0 Å². The fourth-order valence-corrected chi connectivity index (χ4v) is 1.08. The summed E-state index contributed by atoms with van der Waals surface area (Å²) in [6.45, 7) is 1.89. The topological polar surface area (TPSA) is 71.9 Å². The Labute approximate surface area is 84.6 Å². The average molecular weight is 214 g/mol. The molecule has 0 spiro atoms. The van der Waals surface area contributed by atoms with Crippen LogP contribution < -0.4 is 11.2 Å². The number of hydrogen-bond donors (Lipinski definition) is 1. The van der Waals surface area contributed by atoms with Gasteiger partial charge in [-0.3, -0.25) is 14.6 Å². The molecule has 15 heavy (non-hydrogen) atoms. The van der Waals surface area contributed by atoms with Crippen LogP contribution in [-0.2, 0) is 0 Å². The van der Waals surface area contributed by atoms with Crippen molar-refractivity contribution in [2.75, 3.05) is 0 Å². The summed E-state index contributed by atoms with van der Waals surface area (Å²) in [6, 6.07) is 0. The molecule has 1 heterocycles. The number of hydrogen-bond acceptors (Lipinski definition) is 3. The molecular weight excluding hydrogens is 203 g/mol. The molecule has 5 nitrogen and oxygen atoms in total. The first-order chi connectivity index (χ1) is 7.06. The standard InChI is InChI=1S/C9H11FN2O3/c1-2-3-4-7(13)12-5-6(10)8(14)11-9(12)15/h5H,2-4H2,1H3,(H,11,14,15). The van der Waals surface area contributed by atoms with Crippen molar-refractivity contribution in [3.63, 3.8) is 0 Å². The van der Waals surface area contributed by atoms with Gasteiger partial charge in [-0.25, -0.2) is 9.36 Å². The van der Waals surface area contributed by atoms with Crippen LogP contribution in [0, 0.1) is 5.82 Å². The molecule has 0 aliphatic heterocycles. The minimum atomic E-state index is -1.14. The summed E-state index contributed by atoms with van der Waals surface area (Å²) in [4.78, 5) is 34.9. The van der Waals surface area contributed by atoms with Crippen LogP contribution in [0.25, 0.3) is 0 Å². The van der Waals surface area contributed by atoms with Crippen molar-refractivity contribution in [2.24, 2.45) is 0 Å². The lowest BCUT2D eigenvalue weighted by atomic mass is 10.2. The third-order valence-corrected chi connectivity index (χ3v) is 1.91. The zero-order valence-corrected chi connectivity index (χ0v) is 8.25. The van der Waals surface area contributed by atoms with Gasteiger partial charge < -0.3 is 0 Å². The molecule has 0 bridgehead atoms. The Bertz CT molecular complexity index is 475. The van der Waals surface area contributed by atoms with E-state index in [0.717, 1.165) is 6.42 Å². The lowest BCUT2D eigenvalue weighted by molar-refractivity contribution is 0.0891. The average Bonchev–Trinajstić information content (AvgIpc) is 2.20. The van der Waals surface area contributed by atoms with Crippen molar-refractivity contribution in [3.05, 3.63) is 32.9 Å². The predicted molar refractivity (Wildman–Crippen MR) is 51.4 cm³/mol. The summed E-state index contributed by atoms with van der Waals surface area (Å²) in [5.41, 5.74) is -2.01. The second kappa shape index (κ2) is 4.68. The van der Waals surface area contributed by atoms with E-state index in [4.69, 9.17) is 0 Å². The van der Waals surface area contributed by atoms with E-state index in [1.165, 1.54) is 0 Å². The van der Waals surface area contributed by atoms with Gasteiger partial charge in [0, 0.05) is 6.42 Å². The molecule has 0 saturated heterocycles. The van der Waals surface area contributed by atoms with Crippen LogP contribution in [0.15, 0.2) is 15.8 Å². The van der Waals surface area contributed by atoms with Crippen molar-refractivity contribution in [2.45, 2.75) is 26.2 Å². The maximum atomic E-state index is 12.8. The van der Waals surface area contributed by atoms with Crippen LogP contribution in [0.3, 0.4) is 0 Å². The molecule has 1 N–H and O–H groups in total. The summed E-state index contributed by atoms with van der Waals surface area (Å²) in [5, 5.41) is 0. The van der Waals surface area contributed by atoms with Crippen molar-refractivity contribution < 1.29 is 9.18 Å². The molecular formula is C9H11FN2O3. The molecule has 0 aromatic carbocycles. The number of unbranched alkanes of at least 4 members (excludes halogenated alkanes) is 1. The molecule has 1 aromatic rings. The fraction of sp³-hybridized carbons (Fsp3) is 0.444. The number of nitrogens with zero attached hydrogens (tertiary/aromatic N) is 1. The van der Waals surface area contributed by atoms with Gasteiger partial charge in [0.2, 0.25) is 11.7 Å². The van der Waals surface area contributed by atoms with E-state index in [0.29, 0.717) is 17.2 Å². The van der Waals surface area contributed by atoms with Crippen LogP contribution in [-0.4, -0.2) is 15.5 Å². The maximum absolute atomic E-state index is 12.8. The molecule has 1 rings (SSSR count). The number of aromatic amines is 1. The summed E-state index contributed by atoms with van der Waals surface area (Å²) in [5.74, 6) is -1.66. The Morgan fingerprint density at radius 3 is 2.80 bits per heavy atom. The van der Waals surface area contributed by atoms with Crippen LogP contribution in [0.5, 0.6) is 0 Å². The van der Waals surface area contributed by atoms with Crippen LogP contribution in [0.1, 0.15) is 31.0 Å². The summed E-state index contributed by atoms with van der Waals surface area (Å²) in [7, 11) is 0. The molecule has 0 aliphatic carbocycles. The monoisotopic (exact) mass is 214 g/mol. The van der Waals surface area contributed by atoms with E-state index in [9.17, 15) is 18.8 Å². The quantitative estimate of drug-likeness (QED) is 0.796. The van der Waals surface area contributed by atoms with E-state index < -0.39 is 23.0 Å². The number of H-pyrrole nitrogens is 1. The number of carbonyl (C=O) groups is 1. The molecule has 0 fully saturated rings. The van der Waals surface area contributed by atoms with Crippen molar-refractivity contribution in [1.29, 1.82) is 0 Å². The lowest BCUT2D eigenvalue weighted by Crippen LogP contribution is -2.34. The molecule has 0 aliphatic rings. The second-order valence-electron chi connectivity index (χ2n) is 3.10. The Balaban J connectivity index is 3.05. The fourth-order valence-electron chi connectivity index (χ4n) is 1.08.